The first-order valence-corrected chi connectivity index (χ1v) is 8.32. The lowest BCUT2D eigenvalue weighted by Crippen LogP contribution is -2.15. The Balaban J connectivity index is 2.04. The number of hydrogen-bond acceptors (Lipinski definition) is 5. The lowest BCUT2D eigenvalue weighted by molar-refractivity contribution is 0.197. The van der Waals surface area contributed by atoms with Gasteiger partial charge in [0.05, 0.1) is 23.2 Å². The van der Waals surface area contributed by atoms with Crippen molar-refractivity contribution < 1.29 is 13.2 Å². The van der Waals surface area contributed by atoms with Crippen molar-refractivity contribution in [2.75, 3.05) is 37.1 Å². The van der Waals surface area contributed by atoms with Gasteiger partial charge in [-0.1, -0.05) is 0 Å². The van der Waals surface area contributed by atoms with Gasteiger partial charge in [0, 0.05) is 26.5 Å². The van der Waals surface area contributed by atoms with E-state index in [4.69, 9.17) is 4.74 Å². The molecule has 2 rings (SSSR count). The molecule has 0 saturated carbocycles. The van der Waals surface area contributed by atoms with Crippen LogP contribution in [0.1, 0.15) is 24.6 Å². The zero-order valence-electron chi connectivity index (χ0n) is 11.4. The molecule has 0 aromatic carbocycles. The first kappa shape index (κ1) is 14.3. The second-order valence-electron chi connectivity index (χ2n) is 4.94. The van der Waals surface area contributed by atoms with Crippen molar-refractivity contribution >= 4 is 15.8 Å². The molecule has 1 atom stereocenters. The van der Waals surface area contributed by atoms with Crippen molar-refractivity contribution in [2.24, 2.45) is 0 Å². The fraction of sp³-hybridized carbons (Fsp3) is 0.750. The van der Waals surface area contributed by atoms with E-state index in [0.717, 1.165) is 24.6 Å². The topological polar surface area (TPSA) is 73.2 Å². The van der Waals surface area contributed by atoms with Crippen LogP contribution in [0.25, 0.3) is 0 Å². The number of methoxy groups -OCH3 is 1. The summed E-state index contributed by atoms with van der Waals surface area (Å²) in [5.74, 6) is 1.25. The predicted molar refractivity (Wildman–Crippen MR) is 74.3 cm³/mol. The van der Waals surface area contributed by atoms with Crippen LogP contribution in [0.4, 0.5) is 5.95 Å². The summed E-state index contributed by atoms with van der Waals surface area (Å²) < 4.78 is 30.1. The van der Waals surface area contributed by atoms with Gasteiger partial charge in [0.25, 0.3) is 0 Å². The highest BCUT2D eigenvalue weighted by atomic mass is 32.2. The molecule has 1 aromatic rings. The Labute approximate surface area is 114 Å². The van der Waals surface area contributed by atoms with Crippen LogP contribution in [0.15, 0.2) is 6.20 Å². The molecule has 108 valence electrons. The van der Waals surface area contributed by atoms with Gasteiger partial charge in [-0.2, -0.15) is 0 Å². The zero-order chi connectivity index (χ0) is 13.9. The standard InChI is InChI=1S/C12H21N3O3S/c1-10-8-15(11-4-7-19(16,17)9-11)12(14-10)13-5-3-6-18-2/h8,11H,3-7,9H2,1-2H3,(H,13,14). The number of rotatable bonds is 6. The molecule has 0 aliphatic carbocycles. The van der Waals surface area contributed by atoms with E-state index in [1.165, 1.54) is 0 Å². The number of sulfone groups is 1. The molecule has 0 spiro atoms. The SMILES string of the molecule is COCCCNc1nc(C)cn1C1CCS(=O)(=O)C1. The van der Waals surface area contributed by atoms with Crippen LogP contribution >= 0.6 is 0 Å². The third-order valence-electron chi connectivity index (χ3n) is 3.26. The summed E-state index contributed by atoms with van der Waals surface area (Å²) in [5, 5.41) is 3.25. The van der Waals surface area contributed by atoms with Gasteiger partial charge in [0.15, 0.2) is 9.84 Å². The van der Waals surface area contributed by atoms with Gasteiger partial charge in [-0.05, 0) is 19.8 Å². The average Bonchev–Trinajstić information content (AvgIpc) is 2.88. The molecular weight excluding hydrogens is 266 g/mol. The van der Waals surface area contributed by atoms with Crippen LogP contribution in [0.3, 0.4) is 0 Å². The van der Waals surface area contributed by atoms with Crippen molar-refractivity contribution in [2.45, 2.75) is 25.8 Å². The van der Waals surface area contributed by atoms with Gasteiger partial charge < -0.3 is 14.6 Å². The number of nitrogens with zero attached hydrogens (tertiary/aromatic N) is 2. The predicted octanol–water partition coefficient (Wildman–Crippen LogP) is 1.000. The Morgan fingerprint density at radius 1 is 1.58 bits per heavy atom. The average molecular weight is 287 g/mol. The number of aromatic nitrogens is 2. The Morgan fingerprint density at radius 3 is 3.00 bits per heavy atom. The largest absolute Gasteiger partial charge is 0.385 e. The molecular formula is C12H21N3O3S. The molecule has 1 aromatic heterocycles. The highest BCUT2D eigenvalue weighted by Crippen LogP contribution is 2.27. The van der Waals surface area contributed by atoms with Crippen molar-refractivity contribution in [1.82, 2.24) is 9.55 Å². The second-order valence-corrected chi connectivity index (χ2v) is 7.17. The minimum Gasteiger partial charge on any atom is -0.385 e. The van der Waals surface area contributed by atoms with Crippen LogP contribution in [-0.2, 0) is 14.6 Å². The van der Waals surface area contributed by atoms with E-state index in [0.29, 0.717) is 13.0 Å². The van der Waals surface area contributed by atoms with Crippen molar-refractivity contribution in [3.63, 3.8) is 0 Å². The quantitative estimate of drug-likeness (QED) is 0.790. The molecule has 0 bridgehead atoms. The molecule has 1 saturated heterocycles. The number of hydrogen-bond donors (Lipinski definition) is 1. The molecule has 1 unspecified atom stereocenters. The van der Waals surface area contributed by atoms with Gasteiger partial charge in [-0.25, -0.2) is 13.4 Å². The number of anilines is 1. The molecule has 0 radical (unpaired) electrons. The Morgan fingerprint density at radius 2 is 2.37 bits per heavy atom. The van der Waals surface area contributed by atoms with Crippen LogP contribution in [0.5, 0.6) is 0 Å². The maximum Gasteiger partial charge on any atom is 0.203 e. The summed E-state index contributed by atoms with van der Waals surface area (Å²) in [6, 6.07) is 0.0103. The summed E-state index contributed by atoms with van der Waals surface area (Å²) in [6.45, 7) is 3.38. The second kappa shape index (κ2) is 5.92. The van der Waals surface area contributed by atoms with Gasteiger partial charge in [0.1, 0.15) is 0 Å². The fourth-order valence-corrected chi connectivity index (χ4v) is 4.05. The summed E-state index contributed by atoms with van der Waals surface area (Å²) in [6.07, 6.45) is 3.49. The fourth-order valence-electron chi connectivity index (χ4n) is 2.34. The number of ether oxygens (including phenoxy) is 1. The van der Waals surface area contributed by atoms with E-state index in [2.05, 4.69) is 10.3 Å². The molecule has 19 heavy (non-hydrogen) atoms. The maximum absolute atomic E-state index is 11.6. The first-order chi connectivity index (χ1) is 9.02. The lowest BCUT2D eigenvalue weighted by atomic mass is 10.2. The first-order valence-electron chi connectivity index (χ1n) is 6.50. The molecule has 6 nitrogen and oxygen atoms in total. The molecule has 1 aliphatic heterocycles. The highest BCUT2D eigenvalue weighted by Gasteiger charge is 2.30. The maximum atomic E-state index is 11.6. The Bertz CT molecular complexity index is 524. The normalized spacial score (nSPS) is 21.7. The molecule has 0 amide bonds. The minimum absolute atomic E-state index is 0.0103. The summed E-state index contributed by atoms with van der Waals surface area (Å²) >= 11 is 0. The molecule has 2 heterocycles. The monoisotopic (exact) mass is 287 g/mol. The minimum atomic E-state index is -2.88. The zero-order valence-corrected chi connectivity index (χ0v) is 12.2. The Hall–Kier alpha value is -1.08. The van der Waals surface area contributed by atoms with Crippen LogP contribution in [0, 0.1) is 6.92 Å². The van der Waals surface area contributed by atoms with E-state index in [9.17, 15) is 8.42 Å². The molecule has 1 N–H and O–H groups in total. The number of imidazole rings is 1. The van der Waals surface area contributed by atoms with E-state index in [1.807, 2.05) is 17.7 Å². The smallest absolute Gasteiger partial charge is 0.203 e. The summed E-state index contributed by atoms with van der Waals surface area (Å²) in [7, 11) is -1.20. The van der Waals surface area contributed by atoms with Crippen LogP contribution < -0.4 is 5.32 Å². The van der Waals surface area contributed by atoms with E-state index in [-0.39, 0.29) is 17.5 Å². The molecule has 7 heteroatoms. The summed E-state index contributed by atoms with van der Waals surface area (Å²) in [5.41, 5.74) is 0.901. The van der Waals surface area contributed by atoms with Gasteiger partial charge in [-0.3, -0.25) is 0 Å². The highest BCUT2D eigenvalue weighted by molar-refractivity contribution is 7.91. The molecule has 1 fully saturated rings. The molecule has 1 aliphatic rings. The van der Waals surface area contributed by atoms with Crippen molar-refractivity contribution in [3.8, 4) is 0 Å². The van der Waals surface area contributed by atoms with Gasteiger partial charge in [0.2, 0.25) is 5.95 Å². The number of aryl methyl sites for hydroxylation is 1. The van der Waals surface area contributed by atoms with Crippen LogP contribution in [0.2, 0.25) is 0 Å². The van der Waals surface area contributed by atoms with Gasteiger partial charge in [-0.15, -0.1) is 0 Å². The van der Waals surface area contributed by atoms with Crippen molar-refractivity contribution in [1.29, 1.82) is 0 Å². The number of nitrogens with one attached hydrogen (secondary N) is 1. The third kappa shape index (κ3) is 3.70. The Kier molecular flexibility index (Phi) is 4.46. The van der Waals surface area contributed by atoms with Crippen molar-refractivity contribution in [3.05, 3.63) is 11.9 Å². The van der Waals surface area contributed by atoms with E-state index in [1.54, 1.807) is 7.11 Å². The van der Waals surface area contributed by atoms with E-state index < -0.39 is 9.84 Å². The summed E-state index contributed by atoms with van der Waals surface area (Å²) in [4.78, 5) is 4.42. The van der Waals surface area contributed by atoms with Crippen LogP contribution in [-0.4, -0.2) is 49.7 Å². The lowest BCUT2D eigenvalue weighted by Gasteiger charge is -2.14. The third-order valence-corrected chi connectivity index (χ3v) is 5.01. The van der Waals surface area contributed by atoms with Gasteiger partial charge >= 0.3 is 0 Å². The van der Waals surface area contributed by atoms with E-state index >= 15 is 0 Å².